The van der Waals surface area contributed by atoms with Crippen molar-refractivity contribution in [3.05, 3.63) is 52.9 Å². The predicted molar refractivity (Wildman–Crippen MR) is 93.6 cm³/mol. The molecule has 1 aromatic carbocycles. The smallest absolute Gasteiger partial charge is 0.308 e. The summed E-state index contributed by atoms with van der Waals surface area (Å²) >= 11 is 0.996. The Labute approximate surface area is 149 Å². The molecule has 25 heavy (non-hydrogen) atoms. The van der Waals surface area contributed by atoms with Crippen LogP contribution in [0, 0.1) is 5.92 Å². The number of likely N-dealkylation sites (tertiary alicyclic amines) is 1. The Bertz CT molecular complexity index is 904. The Morgan fingerprint density at radius 2 is 1.88 bits per heavy atom. The summed E-state index contributed by atoms with van der Waals surface area (Å²) in [5.41, 5.74) is 1.16. The zero-order chi connectivity index (χ0) is 18.2. The van der Waals surface area contributed by atoms with Crippen LogP contribution in [0.15, 0.2) is 46.0 Å². The number of benzene rings is 1. The number of carboxylic acids is 1. The van der Waals surface area contributed by atoms with Gasteiger partial charge in [0.25, 0.3) is 5.91 Å². The first-order valence-corrected chi connectivity index (χ1v) is 10.4. The molecule has 1 aromatic heterocycles. The van der Waals surface area contributed by atoms with Gasteiger partial charge < -0.3 is 10.0 Å². The average molecular weight is 379 g/mol. The summed E-state index contributed by atoms with van der Waals surface area (Å²) in [6, 6.07) is 10.6. The Morgan fingerprint density at radius 3 is 2.44 bits per heavy atom. The molecule has 6 nitrogen and oxygen atoms in total. The predicted octanol–water partition coefficient (Wildman–Crippen LogP) is 2.09. The SMILES string of the molecule is CS(=O)(=O)c1cc(C(=O)N2CC(C(=O)O)C(c3ccccc3)C2)cs1. The molecule has 1 amide bonds. The topological polar surface area (TPSA) is 91.8 Å². The van der Waals surface area contributed by atoms with Crippen LogP contribution in [0.3, 0.4) is 0 Å². The van der Waals surface area contributed by atoms with Crippen LogP contribution in [0.1, 0.15) is 21.8 Å². The molecule has 1 aliphatic heterocycles. The second-order valence-electron chi connectivity index (χ2n) is 6.10. The fraction of sp³-hybridized carbons (Fsp3) is 0.294. The number of nitrogens with zero attached hydrogens (tertiary/aromatic N) is 1. The standard InChI is InChI=1S/C17H17NO5S2/c1-25(22,23)15-7-12(10-24-15)16(19)18-8-13(14(9-18)17(20)21)11-5-3-2-4-6-11/h2-7,10,13-14H,8-9H2,1H3,(H,20,21). The highest BCUT2D eigenvalue weighted by Crippen LogP contribution is 2.34. The van der Waals surface area contributed by atoms with Gasteiger partial charge in [-0.15, -0.1) is 11.3 Å². The monoisotopic (exact) mass is 379 g/mol. The Balaban J connectivity index is 1.85. The number of thiophene rings is 1. The van der Waals surface area contributed by atoms with Crippen LogP contribution in [-0.2, 0) is 14.6 Å². The van der Waals surface area contributed by atoms with Crippen LogP contribution in [0.2, 0.25) is 0 Å². The van der Waals surface area contributed by atoms with Gasteiger partial charge in [0, 0.05) is 30.6 Å². The van der Waals surface area contributed by atoms with E-state index in [0.29, 0.717) is 6.54 Å². The summed E-state index contributed by atoms with van der Waals surface area (Å²) in [5, 5.41) is 11.0. The van der Waals surface area contributed by atoms with Gasteiger partial charge in [0.15, 0.2) is 9.84 Å². The lowest BCUT2D eigenvalue weighted by Crippen LogP contribution is -2.29. The highest BCUT2D eigenvalue weighted by molar-refractivity contribution is 7.92. The maximum absolute atomic E-state index is 12.7. The second kappa shape index (κ2) is 6.61. The number of rotatable bonds is 4. The van der Waals surface area contributed by atoms with Gasteiger partial charge in [0.05, 0.1) is 11.5 Å². The molecule has 3 rings (SSSR count). The van der Waals surface area contributed by atoms with Gasteiger partial charge >= 0.3 is 5.97 Å². The Hall–Kier alpha value is -2.19. The normalized spacial score (nSPS) is 20.6. The summed E-state index contributed by atoms with van der Waals surface area (Å²) in [4.78, 5) is 25.8. The van der Waals surface area contributed by atoms with Crippen molar-refractivity contribution in [3.8, 4) is 0 Å². The van der Waals surface area contributed by atoms with E-state index in [2.05, 4.69) is 0 Å². The number of carbonyl (C=O) groups excluding carboxylic acids is 1. The lowest BCUT2D eigenvalue weighted by molar-refractivity contribution is -0.141. The molecule has 2 aromatic rings. The number of carbonyl (C=O) groups is 2. The highest BCUT2D eigenvalue weighted by atomic mass is 32.2. The van der Waals surface area contributed by atoms with Crippen molar-refractivity contribution >= 4 is 33.1 Å². The number of hydrogen-bond donors (Lipinski definition) is 1. The summed E-state index contributed by atoms with van der Waals surface area (Å²) < 4.78 is 23.3. The molecule has 1 fully saturated rings. The molecule has 0 radical (unpaired) electrons. The third-order valence-corrected chi connectivity index (χ3v) is 7.11. The van der Waals surface area contributed by atoms with Crippen molar-refractivity contribution in [2.75, 3.05) is 19.3 Å². The molecule has 2 heterocycles. The lowest BCUT2D eigenvalue weighted by atomic mass is 9.89. The van der Waals surface area contributed by atoms with Crippen LogP contribution in [0.25, 0.3) is 0 Å². The highest BCUT2D eigenvalue weighted by Gasteiger charge is 2.40. The molecule has 2 unspecified atom stereocenters. The van der Waals surface area contributed by atoms with Crippen molar-refractivity contribution in [2.24, 2.45) is 5.92 Å². The molecule has 1 saturated heterocycles. The fourth-order valence-corrected chi connectivity index (χ4v) is 4.86. The van der Waals surface area contributed by atoms with Gasteiger partial charge in [0.2, 0.25) is 0 Å². The first-order chi connectivity index (χ1) is 11.8. The molecule has 1 aliphatic rings. The molecule has 8 heteroatoms. The first kappa shape index (κ1) is 17.6. The van der Waals surface area contributed by atoms with E-state index in [9.17, 15) is 23.1 Å². The largest absolute Gasteiger partial charge is 0.481 e. The van der Waals surface area contributed by atoms with Crippen LogP contribution in [0.4, 0.5) is 0 Å². The van der Waals surface area contributed by atoms with Gasteiger partial charge in [-0.2, -0.15) is 0 Å². The van der Waals surface area contributed by atoms with E-state index in [-0.39, 0.29) is 28.1 Å². The molecule has 0 spiro atoms. The third-order valence-electron chi connectivity index (χ3n) is 4.34. The maximum atomic E-state index is 12.7. The van der Waals surface area contributed by atoms with Gasteiger partial charge in [-0.3, -0.25) is 9.59 Å². The van der Waals surface area contributed by atoms with E-state index in [1.807, 2.05) is 30.3 Å². The molecular weight excluding hydrogens is 362 g/mol. The second-order valence-corrected chi connectivity index (χ2v) is 9.25. The van der Waals surface area contributed by atoms with E-state index < -0.39 is 21.7 Å². The van der Waals surface area contributed by atoms with Crippen LogP contribution >= 0.6 is 11.3 Å². The molecule has 0 saturated carbocycles. The summed E-state index contributed by atoms with van der Waals surface area (Å²) in [6.45, 7) is 0.404. The maximum Gasteiger partial charge on any atom is 0.308 e. The van der Waals surface area contributed by atoms with Crippen LogP contribution in [0.5, 0.6) is 0 Å². The number of aliphatic carboxylic acids is 1. The molecule has 0 bridgehead atoms. The molecule has 0 aliphatic carbocycles. The molecule has 2 atom stereocenters. The van der Waals surface area contributed by atoms with Gasteiger partial charge in [-0.25, -0.2) is 8.42 Å². The molecule has 132 valence electrons. The minimum Gasteiger partial charge on any atom is -0.481 e. The third kappa shape index (κ3) is 3.59. The van der Waals surface area contributed by atoms with Crippen molar-refractivity contribution in [1.82, 2.24) is 4.90 Å². The Kier molecular flexibility index (Phi) is 4.66. The van der Waals surface area contributed by atoms with Gasteiger partial charge in [0.1, 0.15) is 4.21 Å². The summed E-state index contributed by atoms with van der Waals surface area (Å²) in [7, 11) is -3.36. The van der Waals surface area contributed by atoms with Crippen LogP contribution in [-0.4, -0.2) is 49.6 Å². The zero-order valence-corrected chi connectivity index (χ0v) is 15.1. The zero-order valence-electron chi connectivity index (χ0n) is 13.5. The fourth-order valence-electron chi connectivity index (χ4n) is 3.06. The Morgan fingerprint density at radius 1 is 1.20 bits per heavy atom. The number of hydrogen-bond acceptors (Lipinski definition) is 5. The first-order valence-electron chi connectivity index (χ1n) is 7.63. The summed E-state index contributed by atoms with van der Waals surface area (Å²) in [6.07, 6.45) is 1.09. The van der Waals surface area contributed by atoms with E-state index in [1.165, 1.54) is 16.3 Å². The van der Waals surface area contributed by atoms with Crippen molar-refractivity contribution in [3.63, 3.8) is 0 Å². The quantitative estimate of drug-likeness (QED) is 0.878. The van der Waals surface area contributed by atoms with E-state index in [4.69, 9.17) is 0 Å². The van der Waals surface area contributed by atoms with E-state index in [0.717, 1.165) is 23.2 Å². The molecule has 1 N–H and O–H groups in total. The van der Waals surface area contributed by atoms with Crippen molar-refractivity contribution < 1.29 is 23.1 Å². The van der Waals surface area contributed by atoms with Gasteiger partial charge in [-0.1, -0.05) is 30.3 Å². The minimum atomic E-state index is -3.36. The van der Waals surface area contributed by atoms with Crippen molar-refractivity contribution in [1.29, 1.82) is 0 Å². The number of sulfone groups is 1. The van der Waals surface area contributed by atoms with E-state index in [1.54, 1.807) is 0 Å². The van der Waals surface area contributed by atoms with Crippen LogP contribution < -0.4 is 0 Å². The van der Waals surface area contributed by atoms with Crippen molar-refractivity contribution in [2.45, 2.75) is 10.1 Å². The van der Waals surface area contributed by atoms with Gasteiger partial charge in [-0.05, 0) is 11.6 Å². The molecular formula is C17H17NO5S2. The lowest BCUT2D eigenvalue weighted by Gasteiger charge is -2.15. The van der Waals surface area contributed by atoms with E-state index >= 15 is 0 Å². The average Bonchev–Trinajstić information content (AvgIpc) is 3.22. The number of amides is 1. The minimum absolute atomic E-state index is 0.109. The summed E-state index contributed by atoms with van der Waals surface area (Å²) in [5.74, 6) is -2.24. The number of carboxylic acid groups (broad SMARTS) is 1.